The van der Waals surface area contributed by atoms with Crippen LogP contribution in [-0.2, 0) is 25.2 Å². The van der Waals surface area contributed by atoms with Crippen LogP contribution in [-0.4, -0.2) is 66.2 Å². The van der Waals surface area contributed by atoms with Gasteiger partial charge in [0.25, 0.3) is 5.56 Å². The minimum Gasteiger partial charge on any atom is -0.320 e. The number of fused-ring (bicyclic) bond motifs is 4. The summed E-state index contributed by atoms with van der Waals surface area (Å²) >= 11 is 0. The van der Waals surface area contributed by atoms with Gasteiger partial charge in [0, 0.05) is 51.2 Å². The van der Waals surface area contributed by atoms with Crippen molar-refractivity contribution in [1.29, 1.82) is 0 Å². The number of alkyl halides is 3. The van der Waals surface area contributed by atoms with Crippen LogP contribution in [0, 0.1) is 5.92 Å². The minimum atomic E-state index is -4.65. The average Bonchev–Trinajstić information content (AvgIpc) is 3.37. The first-order valence-corrected chi connectivity index (χ1v) is 14.5. The Hall–Kier alpha value is -3.57. The largest absolute Gasteiger partial charge is 0.419 e. The van der Waals surface area contributed by atoms with E-state index in [2.05, 4.69) is 39.0 Å². The summed E-state index contributed by atoms with van der Waals surface area (Å²) < 4.78 is 45.8. The van der Waals surface area contributed by atoms with E-state index in [1.54, 1.807) is 12.5 Å². The van der Waals surface area contributed by atoms with E-state index in [0.717, 1.165) is 60.6 Å². The van der Waals surface area contributed by atoms with Gasteiger partial charge in [0.1, 0.15) is 12.2 Å². The zero-order valence-electron chi connectivity index (χ0n) is 24.0. The highest BCUT2D eigenvalue weighted by molar-refractivity contribution is 5.66. The van der Waals surface area contributed by atoms with Crippen molar-refractivity contribution in [2.45, 2.75) is 62.8 Å². The number of likely N-dealkylation sites (N-methyl/N-ethyl adjacent to an activating group) is 1. The van der Waals surface area contributed by atoms with Crippen LogP contribution < -0.4 is 5.56 Å². The van der Waals surface area contributed by atoms with Crippen molar-refractivity contribution in [3.63, 3.8) is 0 Å². The summed E-state index contributed by atoms with van der Waals surface area (Å²) in [5.41, 5.74) is 0.243. The second-order valence-corrected chi connectivity index (χ2v) is 12.6. The summed E-state index contributed by atoms with van der Waals surface area (Å²) in [6, 6.07) is 9.56. The number of piperazine rings is 1. The van der Waals surface area contributed by atoms with E-state index in [0.29, 0.717) is 35.7 Å². The molecule has 3 saturated heterocycles. The summed E-state index contributed by atoms with van der Waals surface area (Å²) in [6.07, 6.45) is 3.79. The van der Waals surface area contributed by atoms with Crippen molar-refractivity contribution >= 4 is 5.65 Å². The Morgan fingerprint density at radius 2 is 1.86 bits per heavy atom. The molecule has 1 aromatic carbocycles. The van der Waals surface area contributed by atoms with Crippen molar-refractivity contribution in [2.24, 2.45) is 13.0 Å². The van der Waals surface area contributed by atoms with Gasteiger partial charge < -0.3 is 9.47 Å². The average molecular weight is 578 g/mol. The fourth-order valence-electron chi connectivity index (χ4n) is 7.67. The van der Waals surface area contributed by atoms with Gasteiger partial charge in [-0.3, -0.25) is 14.1 Å². The van der Waals surface area contributed by atoms with Crippen LogP contribution in [0.1, 0.15) is 55.1 Å². The molecule has 3 aliphatic heterocycles. The summed E-state index contributed by atoms with van der Waals surface area (Å²) in [7, 11) is 4.03. The van der Waals surface area contributed by atoms with Gasteiger partial charge in [-0.1, -0.05) is 25.1 Å². The van der Waals surface area contributed by atoms with Gasteiger partial charge in [-0.25, -0.2) is 4.98 Å². The first-order valence-electron chi connectivity index (χ1n) is 14.5. The molecule has 8 nitrogen and oxygen atoms in total. The van der Waals surface area contributed by atoms with Crippen LogP contribution >= 0.6 is 0 Å². The maximum atomic E-state index is 14.3. The monoisotopic (exact) mass is 577 g/mol. The molecule has 220 valence electrons. The van der Waals surface area contributed by atoms with Crippen LogP contribution in [0.15, 0.2) is 53.8 Å². The first-order chi connectivity index (χ1) is 20.0. The quantitative estimate of drug-likeness (QED) is 0.348. The molecule has 0 amide bonds. The van der Waals surface area contributed by atoms with Crippen LogP contribution in [0.5, 0.6) is 0 Å². The van der Waals surface area contributed by atoms with Gasteiger partial charge in [-0.15, -0.1) is 10.2 Å². The van der Waals surface area contributed by atoms with E-state index in [4.69, 9.17) is 0 Å². The zero-order chi connectivity index (χ0) is 29.4. The Balaban J connectivity index is 1.31. The molecule has 3 aromatic heterocycles. The summed E-state index contributed by atoms with van der Waals surface area (Å²) in [5.74, 6) is 1.37. The Kier molecular flexibility index (Phi) is 6.32. The number of aryl methyl sites for hydroxylation is 1. The molecule has 1 aliphatic carbocycles. The van der Waals surface area contributed by atoms with Gasteiger partial charge in [-0.05, 0) is 67.5 Å². The van der Waals surface area contributed by atoms with Gasteiger partial charge in [0.2, 0.25) is 0 Å². The standard InChI is InChI=1S/C31H34F3N7O/c1-19-11-30(12-19,29-37-36-18-39(29)3)22-6-4-5-21(10-22)25-13-35-27-26(31(32,33)34)9-20(15-41(27)28(25)42)14-40-17-23-7-8-24(40)16-38(23)2/h4-6,9-10,13,15,18-19,23-24H,7-8,11-12,14,16-17H2,1-3H3. The highest BCUT2D eigenvalue weighted by atomic mass is 19.4. The zero-order valence-corrected chi connectivity index (χ0v) is 24.0. The van der Waals surface area contributed by atoms with Gasteiger partial charge in [-0.2, -0.15) is 13.2 Å². The summed E-state index contributed by atoms with van der Waals surface area (Å²) in [6.45, 7) is 4.27. The second-order valence-electron chi connectivity index (χ2n) is 12.6. The van der Waals surface area contributed by atoms with Crippen molar-refractivity contribution < 1.29 is 13.2 Å². The molecule has 42 heavy (non-hydrogen) atoms. The third-order valence-electron chi connectivity index (χ3n) is 9.73. The van der Waals surface area contributed by atoms with E-state index in [1.807, 2.05) is 35.9 Å². The number of rotatable bonds is 5. The summed E-state index contributed by atoms with van der Waals surface area (Å²) in [4.78, 5) is 22.7. The van der Waals surface area contributed by atoms with Crippen LogP contribution in [0.2, 0.25) is 0 Å². The lowest BCUT2D eigenvalue weighted by atomic mass is 9.58. The number of nitrogens with zero attached hydrogens (tertiary/aromatic N) is 7. The highest BCUT2D eigenvalue weighted by Crippen LogP contribution is 2.51. The molecule has 2 atom stereocenters. The number of halogens is 3. The van der Waals surface area contributed by atoms with E-state index in [1.165, 1.54) is 6.20 Å². The molecule has 1 saturated carbocycles. The third-order valence-corrected chi connectivity index (χ3v) is 9.73. The molecule has 0 N–H and O–H groups in total. The number of piperidine rings is 2. The fourth-order valence-corrected chi connectivity index (χ4v) is 7.67. The maximum absolute atomic E-state index is 14.3. The molecule has 2 unspecified atom stereocenters. The smallest absolute Gasteiger partial charge is 0.320 e. The Labute approximate surface area is 241 Å². The summed E-state index contributed by atoms with van der Waals surface area (Å²) in [5, 5.41) is 8.51. The fraction of sp³-hybridized carbons (Fsp3) is 0.484. The predicted molar refractivity (Wildman–Crippen MR) is 152 cm³/mol. The number of pyridine rings is 1. The molecule has 2 bridgehead atoms. The topological polar surface area (TPSA) is 71.6 Å². The molecule has 4 aliphatic rings. The molecule has 0 radical (unpaired) electrons. The first kappa shape index (κ1) is 27.3. The molecule has 6 heterocycles. The molecule has 0 spiro atoms. The Morgan fingerprint density at radius 1 is 1.07 bits per heavy atom. The van der Waals surface area contributed by atoms with Crippen molar-refractivity contribution in [3.05, 3.63) is 81.9 Å². The predicted octanol–water partition coefficient (Wildman–Crippen LogP) is 4.50. The lowest BCUT2D eigenvalue weighted by Gasteiger charge is -2.50. The van der Waals surface area contributed by atoms with Crippen molar-refractivity contribution in [3.8, 4) is 11.1 Å². The lowest BCUT2D eigenvalue weighted by Crippen LogP contribution is -2.60. The van der Waals surface area contributed by atoms with E-state index >= 15 is 0 Å². The number of hydrogen-bond acceptors (Lipinski definition) is 6. The number of benzene rings is 1. The van der Waals surface area contributed by atoms with Crippen molar-refractivity contribution in [2.75, 3.05) is 20.1 Å². The Morgan fingerprint density at radius 3 is 2.50 bits per heavy atom. The molecule has 8 rings (SSSR count). The minimum absolute atomic E-state index is 0.263. The maximum Gasteiger partial charge on any atom is 0.419 e. The van der Waals surface area contributed by atoms with E-state index in [9.17, 15) is 18.0 Å². The van der Waals surface area contributed by atoms with E-state index < -0.39 is 17.3 Å². The molecule has 4 fully saturated rings. The molecular weight excluding hydrogens is 543 g/mol. The molecular formula is C31H34F3N7O. The normalized spacial score (nSPS) is 26.6. The Bertz CT molecular complexity index is 1720. The highest BCUT2D eigenvalue weighted by Gasteiger charge is 2.48. The van der Waals surface area contributed by atoms with Gasteiger partial charge in [0.15, 0.2) is 5.65 Å². The third kappa shape index (κ3) is 4.36. The van der Waals surface area contributed by atoms with Gasteiger partial charge >= 0.3 is 6.18 Å². The van der Waals surface area contributed by atoms with Crippen molar-refractivity contribution in [1.82, 2.24) is 33.9 Å². The SMILES string of the molecule is CC1CC(c2cccc(-c3cnc4c(C(F)(F)F)cc(CN5CC6CCC5CN6C)cn4c3=O)c2)(c2nncn2C)C1. The molecule has 11 heteroatoms. The number of aromatic nitrogens is 5. The number of hydrogen-bond donors (Lipinski definition) is 0. The van der Waals surface area contributed by atoms with Crippen LogP contribution in [0.4, 0.5) is 13.2 Å². The van der Waals surface area contributed by atoms with Gasteiger partial charge in [0.05, 0.1) is 16.5 Å². The lowest BCUT2D eigenvalue weighted by molar-refractivity contribution is -0.136. The molecule has 4 aromatic rings. The van der Waals surface area contributed by atoms with E-state index in [-0.39, 0.29) is 16.6 Å². The van der Waals surface area contributed by atoms with Crippen LogP contribution in [0.3, 0.4) is 0 Å². The van der Waals surface area contributed by atoms with Crippen LogP contribution in [0.25, 0.3) is 16.8 Å². The second kappa shape index (κ2) is 9.74.